The molecule has 0 aliphatic carbocycles. The van der Waals surface area contributed by atoms with E-state index in [9.17, 15) is 22.8 Å². The predicted octanol–water partition coefficient (Wildman–Crippen LogP) is 3.93. The van der Waals surface area contributed by atoms with E-state index in [4.69, 9.17) is 0 Å². The molecule has 126 valence electrons. The molecule has 0 atom stereocenters. The van der Waals surface area contributed by atoms with Crippen LogP contribution in [-0.4, -0.2) is 18.2 Å². The number of hydrogen-bond donors (Lipinski definition) is 1. The zero-order valence-corrected chi connectivity index (χ0v) is 13.2. The molecule has 0 radical (unpaired) electrons. The molecular formula is C18H16F3NO2. The van der Waals surface area contributed by atoms with Crippen molar-refractivity contribution in [2.45, 2.75) is 20.0 Å². The van der Waals surface area contributed by atoms with Crippen molar-refractivity contribution >= 4 is 11.7 Å². The van der Waals surface area contributed by atoms with Crippen molar-refractivity contribution in [2.24, 2.45) is 0 Å². The second kappa shape index (κ2) is 6.86. The number of carbonyl (C=O) groups excluding carboxylic acids is 2. The van der Waals surface area contributed by atoms with Gasteiger partial charge in [-0.1, -0.05) is 35.9 Å². The van der Waals surface area contributed by atoms with Gasteiger partial charge in [0.25, 0.3) is 5.91 Å². The molecule has 24 heavy (non-hydrogen) atoms. The molecule has 3 nitrogen and oxygen atoms in total. The van der Waals surface area contributed by atoms with E-state index in [2.05, 4.69) is 5.32 Å². The minimum atomic E-state index is -4.63. The number of benzene rings is 2. The van der Waals surface area contributed by atoms with E-state index in [-0.39, 0.29) is 12.3 Å². The second-order valence-corrected chi connectivity index (χ2v) is 5.47. The Kier molecular flexibility index (Phi) is 5.07. The number of hydrogen-bond acceptors (Lipinski definition) is 2. The van der Waals surface area contributed by atoms with Crippen LogP contribution in [0, 0.1) is 13.8 Å². The first-order chi connectivity index (χ1) is 11.2. The minimum absolute atomic E-state index is 0.356. The van der Waals surface area contributed by atoms with E-state index in [1.165, 1.54) is 12.1 Å². The van der Waals surface area contributed by atoms with E-state index in [1.807, 2.05) is 13.0 Å². The maximum absolute atomic E-state index is 12.9. The van der Waals surface area contributed by atoms with Gasteiger partial charge in [-0.25, -0.2) is 0 Å². The lowest BCUT2D eigenvalue weighted by atomic mass is 10.0. The number of halogens is 3. The third-order valence-electron chi connectivity index (χ3n) is 3.57. The molecule has 2 aromatic rings. The summed E-state index contributed by atoms with van der Waals surface area (Å²) < 4.78 is 38.7. The van der Waals surface area contributed by atoms with Crippen LogP contribution in [-0.2, 0) is 6.18 Å². The highest BCUT2D eigenvalue weighted by Crippen LogP contribution is 2.31. The molecule has 2 aromatic carbocycles. The van der Waals surface area contributed by atoms with Crippen LogP contribution in [0.2, 0.25) is 0 Å². The van der Waals surface area contributed by atoms with Crippen molar-refractivity contribution in [3.8, 4) is 0 Å². The molecule has 0 saturated carbocycles. The van der Waals surface area contributed by atoms with Crippen molar-refractivity contribution in [3.63, 3.8) is 0 Å². The molecule has 0 aromatic heterocycles. The number of aryl methyl sites for hydroxylation is 2. The molecule has 0 aliphatic rings. The molecule has 0 aliphatic heterocycles. The first-order valence-corrected chi connectivity index (χ1v) is 7.25. The van der Waals surface area contributed by atoms with Crippen molar-refractivity contribution in [1.29, 1.82) is 0 Å². The lowest BCUT2D eigenvalue weighted by Gasteiger charge is -2.12. The van der Waals surface area contributed by atoms with Crippen LogP contribution < -0.4 is 5.32 Å². The lowest BCUT2D eigenvalue weighted by molar-refractivity contribution is -0.137. The van der Waals surface area contributed by atoms with E-state index < -0.39 is 23.2 Å². The van der Waals surface area contributed by atoms with Gasteiger partial charge >= 0.3 is 6.18 Å². The largest absolute Gasteiger partial charge is 0.417 e. The van der Waals surface area contributed by atoms with Crippen molar-refractivity contribution in [2.75, 3.05) is 6.54 Å². The Labute approximate surface area is 137 Å². The smallest absolute Gasteiger partial charge is 0.345 e. The van der Waals surface area contributed by atoms with E-state index in [0.717, 1.165) is 23.3 Å². The Bertz CT molecular complexity index is 782. The topological polar surface area (TPSA) is 46.2 Å². The highest BCUT2D eigenvalue weighted by molar-refractivity contribution is 6.03. The van der Waals surface area contributed by atoms with Gasteiger partial charge < -0.3 is 5.32 Å². The molecule has 0 unspecified atom stereocenters. The normalized spacial score (nSPS) is 11.2. The summed E-state index contributed by atoms with van der Waals surface area (Å²) in [7, 11) is 0. The van der Waals surface area contributed by atoms with Crippen LogP contribution in [0.4, 0.5) is 13.2 Å². The summed E-state index contributed by atoms with van der Waals surface area (Å²) >= 11 is 0. The Hall–Kier alpha value is -2.63. The van der Waals surface area contributed by atoms with E-state index in [0.29, 0.717) is 5.56 Å². The quantitative estimate of drug-likeness (QED) is 0.861. The molecular weight excluding hydrogens is 319 g/mol. The minimum Gasteiger partial charge on any atom is -0.345 e. The fourth-order valence-corrected chi connectivity index (χ4v) is 2.41. The van der Waals surface area contributed by atoms with Crippen molar-refractivity contribution in [3.05, 3.63) is 70.3 Å². The maximum atomic E-state index is 12.9. The molecule has 0 fully saturated rings. The van der Waals surface area contributed by atoms with Crippen LogP contribution in [0.3, 0.4) is 0 Å². The van der Waals surface area contributed by atoms with Gasteiger partial charge in [0, 0.05) is 5.56 Å². The average Bonchev–Trinajstić information content (AvgIpc) is 2.51. The van der Waals surface area contributed by atoms with Gasteiger partial charge in [-0.05, 0) is 31.5 Å². The van der Waals surface area contributed by atoms with Gasteiger partial charge in [0.15, 0.2) is 5.78 Å². The molecule has 0 saturated heterocycles. The summed E-state index contributed by atoms with van der Waals surface area (Å²) in [6.45, 7) is 3.28. The number of Topliss-reactive ketones (excluding diaryl/α,β-unsaturated/α-hetero) is 1. The second-order valence-electron chi connectivity index (χ2n) is 5.47. The summed E-state index contributed by atoms with van der Waals surface area (Å²) in [5.41, 5.74) is 0.655. The Balaban J connectivity index is 2.13. The molecule has 0 bridgehead atoms. The highest BCUT2D eigenvalue weighted by Gasteiger charge is 2.34. The summed E-state index contributed by atoms with van der Waals surface area (Å²) in [5, 5.41) is 2.26. The van der Waals surface area contributed by atoms with Gasteiger partial charge in [0.2, 0.25) is 0 Å². The standard InChI is InChI=1S/C18H16F3NO2/c1-11-7-8-13(12(2)9-11)16(23)10-22-17(24)14-5-3-4-6-15(14)18(19,20)21/h3-9H,10H2,1-2H3,(H,22,24). The first kappa shape index (κ1) is 17.7. The monoisotopic (exact) mass is 335 g/mol. The molecule has 1 amide bonds. The summed E-state index contributed by atoms with van der Waals surface area (Å²) in [6, 6.07) is 9.70. The average molecular weight is 335 g/mol. The number of ketones is 1. The molecule has 1 N–H and O–H groups in total. The van der Waals surface area contributed by atoms with E-state index >= 15 is 0 Å². The SMILES string of the molecule is Cc1ccc(C(=O)CNC(=O)c2ccccc2C(F)(F)F)c(C)c1. The van der Waals surface area contributed by atoms with Crippen LogP contribution >= 0.6 is 0 Å². The molecule has 6 heteroatoms. The summed E-state index contributed by atoms with van der Waals surface area (Å²) in [4.78, 5) is 24.2. The number of nitrogens with one attached hydrogen (secondary N) is 1. The lowest BCUT2D eigenvalue weighted by Crippen LogP contribution is -2.31. The fourth-order valence-electron chi connectivity index (χ4n) is 2.41. The number of carbonyl (C=O) groups is 2. The van der Waals surface area contributed by atoms with Gasteiger partial charge in [-0.15, -0.1) is 0 Å². The highest BCUT2D eigenvalue weighted by atomic mass is 19.4. The fraction of sp³-hybridized carbons (Fsp3) is 0.222. The third kappa shape index (κ3) is 4.01. The third-order valence-corrected chi connectivity index (χ3v) is 3.57. The van der Waals surface area contributed by atoms with Gasteiger partial charge in [-0.2, -0.15) is 13.2 Å². The predicted molar refractivity (Wildman–Crippen MR) is 84.0 cm³/mol. The van der Waals surface area contributed by atoms with E-state index in [1.54, 1.807) is 19.1 Å². The van der Waals surface area contributed by atoms with Gasteiger partial charge in [0.05, 0.1) is 17.7 Å². The molecule has 0 spiro atoms. The summed E-state index contributed by atoms with van der Waals surface area (Å²) in [5.74, 6) is -1.29. The van der Waals surface area contributed by atoms with Crippen LogP contribution in [0.5, 0.6) is 0 Å². The number of alkyl halides is 3. The van der Waals surface area contributed by atoms with Crippen LogP contribution in [0.15, 0.2) is 42.5 Å². The Morgan fingerprint density at radius 1 is 1.00 bits per heavy atom. The van der Waals surface area contributed by atoms with Crippen LogP contribution in [0.25, 0.3) is 0 Å². The number of amides is 1. The zero-order valence-electron chi connectivity index (χ0n) is 13.2. The van der Waals surface area contributed by atoms with Gasteiger partial charge in [-0.3, -0.25) is 9.59 Å². The van der Waals surface area contributed by atoms with Crippen molar-refractivity contribution < 1.29 is 22.8 Å². The molecule has 2 rings (SSSR count). The summed E-state index contributed by atoms with van der Waals surface area (Å²) in [6.07, 6.45) is -4.63. The Morgan fingerprint density at radius 3 is 2.29 bits per heavy atom. The first-order valence-electron chi connectivity index (χ1n) is 7.25. The maximum Gasteiger partial charge on any atom is 0.417 e. The molecule has 0 heterocycles. The van der Waals surface area contributed by atoms with Gasteiger partial charge in [0.1, 0.15) is 0 Å². The number of rotatable bonds is 4. The van der Waals surface area contributed by atoms with Crippen molar-refractivity contribution in [1.82, 2.24) is 5.32 Å². The van der Waals surface area contributed by atoms with Crippen LogP contribution in [0.1, 0.15) is 37.4 Å². The Morgan fingerprint density at radius 2 is 1.67 bits per heavy atom. The zero-order chi connectivity index (χ0) is 17.9.